The van der Waals surface area contributed by atoms with E-state index in [1.165, 1.54) is 103 Å². The lowest BCUT2D eigenvalue weighted by molar-refractivity contribution is -0.305. The van der Waals surface area contributed by atoms with E-state index in [-0.39, 0.29) is 19.4 Å². The molecule has 1 heterocycles. The molecule has 0 bridgehead atoms. The van der Waals surface area contributed by atoms with E-state index in [9.17, 15) is 35.1 Å². The van der Waals surface area contributed by atoms with Crippen LogP contribution in [0.15, 0.2) is 109 Å². The minimum atomic E-state index is -1.64. The molecule has 0 radical (unpaired) electrons. The SMILES string of the molecule is CC/C=C/C=C/C=C\C=C/CCCCCC(=O)OC1C(OCC(NC(=O)C(O)CCCCCCCCCCCC/C=C\C/C=C\C/C=C\C/C=C\CCCCC)C(O)/C=C/CCCCCCCCCCC)OC(CO)C(O)C1O. The maximum atomic E-state index is 13.4. The third kappa shape index (κ3) is 42.8. The number of unbranched alkanes of at least 4 members (excludes halogenated alkanes) is 25. The Labute approximate surface area is 481 Å². The first-order valence-corrected chi connectivity index (χ1v) is 31.7. The van der Waals surface area contributed by atoms with Gasteiger partial charge in [-0.1, -0.05) is 259 Å². The molecule has 79 heavy (non-hydrogen) atoms. The molecule has 1 amide bonds. The summed E-state index contributed by atoms with van der Waals surface area (Å²) in [7, 11) is 0. The van der Waals surface area contributed by atoms with Gasteiger partial charge in [0.1, 0.15) is 24.4 Å². The van der Waals surface area contributed by atoms with Crippen molar-refractivity contribution in [3.8, 4) is 0 Å². The molecule has 0 saturated carbocycles. The fraction of sp³-hybridized carbons (Fsp3) is 0.706. The Hall–Kier alpha value is -3.68. The van der Waals surface area contributed by atoms with E-state index in [0.717, 1.165) is 96.3 Å². The highest BCUT2D eigenvalue weighted by Gasteiger charge is 2.47. The Morgan fingerprint density at radius 3 is 1.51 bits per heavy atom. The Bertz CT molecular complexity index is 1700. The van der Waals surface area contributed by atoms with Gasteiger partial charge >= 0.3 is 5.97 Å². The summed E-state index contributed by atoms with van der Waals surface area (Å²) < 4.78 is 17.5. The fourth-order valence-corrected chi connectivity index (χ4v) is 9.23. The minimum Gasteiger partial charge on any atom is -0.454 e. The van der Waals surface area contributed by atoms with E-state index in [1.807, 2.05) is 42.5 Å². The first-order valence-electron chi connectivity index (χ1n) is 31.7. The minimum absolute atomic E-state index is 0.0723. The second kappa shape index (κ2) is 54.9. The third-order valence-corrected chi connectivity index (χ3v) is 14.3. The highest BCUT2D eigenvalue weighted by molar-refractivity contribution is 5.80. The van der Waals surface area contributed by atoms with Gasteiger partial charge in [-0.2, -0.15) is 0 Å². The van der Waals surface area contributed by atoms with Gasteiger partial charge in [0.25, 0.3) is 0 Å². The molecule has 1 aliphatic rings. The van der Waals surface area contributed by atoms with Crippen molar-refractivity contribution in [2.75, 3.05) is 13.2 Å². The number of nitrogens with one attached hydrogen (secondary N) is 1. The van der Waals surface area contributed by atoms with Gasteiger partial charge < -0.3 is 45.1 Å². The number of amides is 1. The summed E-state index contributed by atoms with van der Waals surface area (Å²) in [5.74, 6) is -1.25. The summed E-state index contributed by atoms with van der Waals surface area (Å²) in [4.78, 5) is 26.5. The third-order valence-electron chi connectivity index (χ3n) is 14.3. The topological polar surface area (TPSA) is 175 Å². The summed E-state index contributed by atoms with van der Waals surface area (Å²) >= 11 is 0. The predicted molar refractivity (Wildman–Crippen MR) is 328 cm³/mol. The molecule has 8 unspecified atom stereocenters. The van der Waals surface area contributed by atoms with Crippen LogP contribution in [-0.2, 0) is 23.8 Å². The molecule has 11 nitrogen and oxygen atoms in total. The van der Waals surface area contributed by atoms with E-state index in [1.54, 1.807) is 6.08 Å². The number of allylic oxidation sites excluding steroid dienone is 17. The van der Waals surface area contributed by atoms with E-state index >= 15 is 0 Å². The van der Waals surface area contributed by atoms with Crippen LogP contribution in [0.4, 0.5) is 0 Å². The molecule has 1 aliphatic heterocycles. The smallest absolute Gasteiger partial charge is 0.306 e. The molecular formula is C68H115NO10. The molecule has 0 spiro atoms. The van der Waals surface area contributed by atoms with Crippen molar-refractivity contribution in [1.82, 2.24) is 5.32 Å². The molecule has 452 valence electrons. The van der Waals surface area contributed by atoms with Crippen LogP contribution in [0.5, 0.6) is 0 Å². The van der Waals surface area contributed by atoms with Crippen LogP contribution in [0, 0.1) is 0 Å². The molecule has 8 atom stereocenters. The van der Waals surface area contributed by atoms with Crippen LogP contribution in [0.25, 0.3) is 0 Å². The van der Waals surface area contributed by atoms with Gasteiger partial charge in [-0.3, -0.25) is 9.59 Å². The van der Waals surface area contributed by atoms with E-state index in [2.05, 4.69) is 86.8 Å². The van der Waals surface area contributed by atoms with Gasteiger partial charge in [0.2, 0.25) is 5.91 Å². The van der Waals surface area contributed by atoms with Crippen molar-refractivity contribution in [1.29, 1.82) is 0 Å². The van der Waals surface area contributed by atoms with Gasteiger partial charge in [-0.15, -0.1) is 0 Å². The second-order valence-electron chi connectivity index (χ2n) is 21.5. The molecule has 0 aromatic rings. The van der Waals surface area contributed by atoms with Gasteiger partial charge in [-0.25, -0.2) is 0 Å². The maximum Gasteiger partial charge on any atom is 0.306 e. The van der Waals surface area contributed by atoms with Gasteiger partial charge in [-0.05, 0) is 89.9 Å². The van der Waals surface area contributed by atoms with Gasteiger partial charge in [0.05, 0.1) is 25.4 Å². The summed E-state index contributed by atoms with van der Waals surface area (Å²) in [6.07, 6.45) is 64.3. The molecule has 1 rings (SSSR count). The average Bonchev–Trinajstić information content (AvgIpc) is 3.47. The highest BCUT2D eigenvalue weighted by Crippen LogP contribution is 2.26. The lowest BCUT2D eigenvalue weighted by Gasteiger charge is -2.41. The van der Waals surface area contributed by atoms with Crippen molar-refractivity contribution >= 4 is 11.9 Å². The number of hydrogen-bond donors (Lipinski definition) is 6. The highest BCUT2D eigenvalue weighted by atomic mass is 16.7. The molecule has 0 aromatic heterocycles. The Morgan fingerprint density at radius 2 is 0.962 bits per heavy atom. The summed E-state index contributed by atoms with van der Waals surface area (Å²) in [6.45, 7) is 5.57. The lowest BCUT2D eigenvalue weighted by atomic mass is 9.99. The molecular weight excluding hydrogens is 991 g/mol. The second-order valence-corrected chi connectivity index (χ2v) is 21.5. The molecule has 0 aromatic carbocycles. The van der Waals surface area contributed by atoms with Crippen molar-refractivity contribution in [3.05, 3.63) is 109 Å². The molecule has 1 fully saturated rings. The summed E-state index contributed by atoms with van der Waals surface area (Å²) in [6, 6.07) is -1.04. The maximum absolute atomic E-state index is 13.4. The van der Waals surface area contributed by atoms with Crippen molar-refractivity contribution in [2.24, 2.45) is 0 Å². The predicted octanol–water partition coefficient (Wildman–Crippen LogP) is 15.3. The zero-order valence-electron chi connectivity index (χ0n) is 50.0. The van der Waals surface area contributed by atoms with Crippen molar-refractivity contribution in [3.63, 3.8) is 0 Å². The zero-order chi connectivity index (χ0) is 57.5. The van der Waals surface area contributed by atoms with Crippen molar-refractivity contribution in [2.45, 2.75) is 294 Å². The first kappa shape index (κ1) is 73.3. The van der Waals surface area contributed by atoms with E-state index in [0.29, 0.717) is 12.8 Å². The number of carbonyl (C=O) groups excluding carboxylic acids is 2. The summed E-state index contributed by atoms with van der Waals surface area (Å²) in [5.41, 5.74) is 0. The summed E-state index contributed by atoms with van der Waals surface area (Å²) in [5, 5.41) is 56.9. The van der Waals surface area contributed by atoms with Crippen LogP contribution in [-0.4, -0.2) is 99.6 Å². The fourth-order valence-electron chi connectivity index (χ4n) is 9.23. The Morgan fingerprint density at radius 1 is 0.519 bits per heavy atom. The van der Waals surface area contributed by atoms with Crippen LogP contribution in [0.1, 0.15) is 245 Å². The monoisotopic (exact) mass is 1110 g/mol. The molecule has 6 N–H and O–H groups in total. The van der Waals surface area contributed by atoms with Crippen LogP contribution in [0.2, 0.25) is 0 Å². The van der Waals surface area contributed by atoms with E-state index in [4.69, 9.17) is 14.2 Å². The van der Waals surface area contributed by atoms with Crippen LogP contribution < -0.4 is 5.32 Å². The van der Waals surface area contributed by atoms with Crippen LogP contribution in [0.3, 0.4) is 0 Å². The van der Waals surface area contributed by atoms with Gasteiger partial charge in [0.15, 0.2) is 12.4 Å². The first-order chi connectivity index (χ1) is 38.7. The Balaban J connectivity index is 2.61. The zero-order valence-corrected chi connectivity index (χ0v) is 50.0. The number of carbonyl (C=O) groups is 2. The quantitative estimate of drug-likeness (QED) is 0.0149. The molecule has 0 aliphatic carbocycles. The normalized spacial score (nSPS) is 19.6. The number of hydrogen-bond acceptors (Lipinski definition) is 10. The van der Waals surface area contributed by atoms with Crippen molar-refractivity contribution < 1.29 is 49.3 Å². The average molecular weight is 1110 g/mol. The Kier molecular flexibility index (Phi) is 50.9. The number of ether oxygens (including phenoxy) is 3. The molecule has 1 saturated heterocycles. The number of esters is 1. The van der Waals surface area contributed by atoms with Crippen LogP contribution >= 0.6 is 0 Å². The lowest BCUT2D eigenvalue weighted by Crippen LogP contribution is -2.61. The molecule has 11 heteroatoms. The van der Waals surface area contributed by atoms with Gasteiger partial charge in [0, 0.05) is 6.42 Å². The van der Waals surface area contributed by atoms with E-state index < -0.39 is 67.4 Å². The number of aliphatic hydroxyl groups excluding tert-OH is 5. The number of rotatable bonds is 52. The number of aliphatic hydroxyl groups is 5. The largest absolute Gasteiger partial charge is 0.454 e. The standard InChI is InChI=1S/C68H115NO10/c1-4-7-10-13-16-19-22-24-25-26-27-28-29-30-31-32-33-34-35-36-38-40-43-46-49-52-55-61(72)67(76)69-59(60(71)54-51-48-45-42-39-21-18-15-12-9-6-3)58-77-68-66(65(75)64(74)62(57-70)78-68)79-63(73)56-53-50-47-44-41-37-23-20-17-14-11-8-5-2/h8,11,14,16-17,19-20,23-25,27-28,30-31,37,41,51,54,59-62,64-66,68,70-72,74-75H,4-7,9-10,12-13,15,18,21-22,26,29,32-36,38-40,42-50,52-53,55-58H2,1-3H3,(H,69,76)/b11-8+,17-14+,19-16-,23-20-,25-24-,28-27-,31-30-,41-37-,54-51+.